The number of nitrogens with two attached hydrogens (primary N) is 1. The zero-order chi connectivity index (χ0) is 16.0. The highest BCUT2D eigenvalue weighted by Gasteiger charge is 2.18. The molecule has 1 amide bonds. The van der Waals surface area contributed by atoms with E-state index in [4.69, 9.17) is 5.73 Å². The smallest absolute Gasteiger partial charge is 0.340 e. The van der Waals surface area contributed by atoms with Crippen LogP contribution in [0.1, 0.15) is 31.1 Å². The number of carbonyl (C=O) groups excluding carboxylic acids is 2. The molecule has 1 atom stereocenters. The summed E-state index contributed by atoms with van der Waals surface area (Å²) in [5.74, 6) is -0.490. The monoisotopic (exact) mass is 293 g/mol. The molecule has 1 unspecified atom stereocenters. The third kappa shape index (κ3) is 4.11. The van der Waals surface area contributed by atoms with Crippen LogP contribution in [0.15, 0.2) is 18.2 Å². The average molecular weight is 293 g/mol. The molecule has 0 heterocycles. The van der Waals surface area contributed by atoms with Gasteiger partial charge >= 0.3 is 5.97 Å². The van der Waals surface area contributed by atoms with Gasteiger partial charge in [0.1, 0.15) is 6.04 Å². The molecule has 1 rings (SSSR count). The highest BCUT2D eigenvalue weighted by molar-refractivity contribution is 5.96. The van der Waals surface area contributed by atoms with Crippen LogP contribution >= 0.6 is 0 Å². The lowest BCUT2D eigenvalue weighted by atomic mass is 10.1. The second-order valence-corrected chi connectivity index (χ2v) is 4.67. The highest BCUT2D eigenvalue weighted by atomic mass is 16.5. The molecule has 6 nitrogen and oxygen atoms in total. The molecule has 0 saturated carbocycles. The van der Waals surface area contributed by atoms with Gasteiger partial charge in [-0.2, -0.15) is 0 Å². The zero-order valence-electron chi connectivity index (χ0n) is 13.0. The van der Waals surface area contributed by atoms with E-state index >= 15 is 0 Å². The maximum absolute atomic E-state index is 12.2. The van der Waals surface area contributed by atoms with Gasteiger partial charge in [-0.3, -0.25) is 4.79 Å². The summed E-state index contributed by atoms with van der Waals surface area (Å²) in [6, 6.07) is 4.54. The Morgan fingerprint density at radius 2 is 1.95 bits per heavy atom. The van der Waals surface area contributed by atoms with Gasteiger partial charge < -0.3 is 20.7 Å². The van der Waals surface area contributed by atoms with E-state index in [1.165, 1.54) is 7.11 Å². The Morgan fingerprint density at radius 3 is 2.48 bits per heavy atom. The normalized spacial score (nSPS) is 11.6. The largest absolute Gasteiger partial charge is 0.465 e. The summed E-state index contributed by atoms with van der Waals surface area (Å²) in [4.78, 5) is 25.5. The molecule has 116 valence electrons. The lowest BCUT2D eigenvalue weighted by Crippen LogP contribution is -2.41. The molecule has 0 saturated heterocycles. The van der Waals surface area contributed by atoms with Crippen molar-refractivity contribution in [2.75, 3.05) is 31.2 Å². The van der Waals surface area contributed by atoms with E-state index in [0.717, 1.165) is 0 Å². The maximum atomic E-state index is 12.2. The van der Waals surface area contributed by atoms with Crippen molar-refractivity contribution in [3.8, 4) is 0 Å². The molecule has 0 aliphatic heterocycles. The van der Waals surface area contributed by atoms with Crippen LogP contribution < -0.4 is 11.1 Å². The Hall–Kier alpha value is -2.24. The van der Waals surface area contributed by atoms with Crippen LogP contribution in [-0.4, -0.2) is 43.0 Å². The minimum Gasteiger partial charge on any atom is -0.465 e. The predicted octanol–water partition coefficient (Wildman–Crippen LogP) is 1.72. The molecule has 1 aromatic carbocycles. The van der Waals surface area contributed by atoms with Crippen molar-refractivity contribution in [2.24, 2.45) is 0 Å². The maximum Gasteiger partial charge on any atom is 0.340 e. The van der Waals surface area contributed by atoms with Crippen molar-refractivity contribution in [1.82, 2.24) is 4.90 Å². The fourth-order valence-electron chi connectivity index (χ4n) is 2.05. The van der Waals surface area contributed by atoms with Crippen LogP contribution in [0.3, 0.4) is 0 Å². The highest BCUT2D eigenvalue weighted by Crippen LogP contribution is 2.19. The van der Waals surface area contributed by atoms with Gasteiger partial charge in [0.15, 0.2) is 0 Å². The van der Waals surface area contributed by atoms with Gasteiger partial charge in [-0.25, -0.2) is 4.79 Å². The molecular weight excluding hydrogens is 270 g/mol. The first-order chi connectivity index (χ1) is 9.94. The summed E-state index contributed by atoms with van der Waals surface area (Å²) in [6.07, 6.45) is 0. The Morgan fingerprint density at radius 1 is 1.33 bits per heavy atom. The summed E-state index contributed by atoms with van der Waals surface area (Å²) >= 11 is 0. The average Bonchev–Trinajstić information content (AvgIpc) is 2.49. The van der Waals surface area contributed by atoms with Crippen LogP contribution in [0.2, 0.25) is 0 Å². The first-order valence-electron chi connectivity index (χ1n) is 6.97. The minimum atomic E-state index is -0.501. The summed E-state index contributed by atoms with van der Waals surface area (Å²) in [7, 11) is 1.30. The number of amides is 1. The van der Waals surface area contributed by atoms with E-state index in [1.54, 1.807) is 30.0 Å². The summed E-state index contributed by atoms with van der Waals surface area (Å²) in [5, 5.41) is 3.08. The van der Waals surface area contributed by atoms with E-state index in [0.29, 0.717) is 24.5 Å². The van der Waals surface area contributed by atoms with E-state index in [1.807, 2.05) is 13.8 Å². The minimum absolute atomic E-state index is 0.0106. The number of carbonyl (C=O) groups is 2. The van der Waals surface area contributed by atoms with E-state index in [9.17, 15) is 9.59 Å². The first-order valence-corrected chi connectivity index (χ1v) is 6.97. The van der Waals surface area contributed by atoms with Crippen molar-refractivity contribution >= 4 is 23.3 Å². The van der Waals surface area contributed by atoms with Gasteiger partial charge in [0, 0.05) is 24.5 Å². The first kappa shape index (κ1) is 16.8. The van der Waals surface area contributed by atoms with Crippen LogP contribution in [0, 0.1) is 0 Å². The lowest BCUT2D eigenvalue weighted by molar-refractivity contribution is -0.131. The SMILES string of the molecule is CCN(CC)C(=O)C(C)Nc1ccc(N)c(C(=O)OC)c1. The number of hydrogen-bond acceptors (Lipinski definition) is 5. The van der Waals surface area contributed by atoms with Crippen LogP contribution in [0.5, 0.6) is 0 Å². The number of ether oxygens (including phenoxy) is 1. The van der Waals surface area contributed by atoms with Crippen molar-refractivity contribution < 1.29 is 14.3 Å². The molecular formula is C15H23N3O3. The van der Waals surface area contributed by atoms with Gasteiger partial charge in [0.05, 0.1) is 12.7 Å². The number of esters is 1. The van der Waals surface area contributed by atoms with Crippen molar-refractivity contribution in [1.29, 1.82) is 0 Å². The molecule has 6 heteroatoms. The lowest BCUT2D eigenvalue weighted by Gasteiger charge is -2.24. The molecule has 0 aromatic heterocycles. The Bertz CT molecular complexity index is 513. The molecule has 0 radical (unpaired) electrons. The second-order valence-electron chi connectivity index (χ2n) is 4.67. The van der Waals surface area contributed by atoms with Gasteiger partial charge in [-0.1, -0.05) is 0 Å². The molecule has 0 aliphatic rings. The number of nitrogens with one attached hydrogen (secondary N) is 1. The number of rotatable bonds is 6. The number of benzene rings is 1. The Kier molecular flexibility index (Phi) is 6.02. The van der Waals surface area contributed by atoms with Crippen LogP contribution in [0.4, 0.5) is 11.4 Å². The molecule has 1 aromatic rings. The fraction of sp³-hybridized carbons (Fsp3) is 0.467. The standard InChI is InChI=1S/C15H23N3O3/c1-5-18(6-2)14(19)10(3)17-11-7-8-13(16)12(9-11)15(20)21-4/h7-10,17H,5-6,16H2,1-4H3. The summed E-state index contributed by atoms with van der Waals surface area (Å²) < 4.78 is 4.68. The molecule has 21 heavy (non-hydrogen) atoms. The van der Waals surface area contributed by atoms with E-state index in [-0.39, 0.29) is 17.5 Å². The van der Waals surface area contributed by atoms with Crippen molar-refractivity contribution in [3.05, 3.63) is 23.8 Å². The predicted molar refractivity (Wildman–Crippen MR) is 83.2 cm³/mol. The van der Waals surface area contributed by atoms with E-state index in [2.05, 4.69) is 10.1 Å². The zero-order valence-corrected chi connectivity index (χ0v) is 13.0. The number of likely N-dealkylation sites (N-methyl/N-ethyl adjacent to an activating group) is 1. The number of nitrogens with zero attached hydrogens (tertiary/aromatic N) is 1. The third-order valence-corrected chi connectivity index (χ3v) is 3.29. The van der Waals surface area contributed by atoms with Gasteiger partial charge in [0.25, 0.3) is 0 Å². The number of anilines is 2. The molecule has 0 aliphatic carbocycles. The van der Waals surface area contributed by atoms with Gasteiger partial charge in [-0.15, -0.1) is 0 Å². The topological polar surface area (TPSA) is 84.7 Å². The molecule has 0 spiro atoms. The number of methoxy groups -OCH3 is 1. The quantitative estimate of drug-likeness (QED) is 0.616. The number of nitrogen functional groups attached to an aromatic ring is 1. The Labute approximate surface area is 125 Å². The van der Waals surface area contributed by atoms with Crippen LogP contribution in [-0.2, 0) is 9.53 Å². The Balaban J connectivity index is 2.88. The summed E-state index contributed by atoms with van der Waals surface area (Å²) in [6.45, 7) is 6.99. The molecule has 0 fully saturated rings. The fourth-order valence-corrected chi connectivity index (χ4v) is 2.05. The second kappa shape index (κ2) is 7.52. The van der Waals surface area contributed by atoms with Crippen molar-refractivity contribution in [2.45, 2.75) is 26.8 Å². The molecule has 0 bridgehead atoms. The van der Waals surface area contributed by atoms with Crippen molar-refractivity contribution in [3.63, 3.8) is 0 Å². The van der Waals surface area contributed by atoms with Crippen LogP contribution in [0.25, 0.3) is 0 Å². The van der Waals surface area contributed by atoms with E-state index < -0.39 is 5.97 Å². The van der Waals surface area contributed by atoms with Gasteiger partial charge in [0.2, 0.25) is 5.91 Å². The summed E-state index contributed by atoms with van der Waals surface area (Å²) in [5.41, 5.74) is 7.02. The molecule has 3 N–H and O–H groups in total. The number of hydrogen-bond donors (Lipinski definition) is 2. The third-order valence-electron chi connectivity index (χ3n) is 3.29. The van der Waals surface area contributed by atoms with Gasteiger partial charge in [-0.05, 0) is 39.0 Å².